The fourth-order valence-electron chi connectivity index (χ4n) is 7.99. The summed E-state index contributed by atoms with van der Waals surface area (Å²) in [4.78, 5) is 17.6. The Kier molecular flexibility index (Phi) is 7.98. The molecule has 41 heavy (non-hydrogen) atoms. The maximum atomic E-state index is 13.2. The lowest BCUT2D eigenvalue weighted by molar-refractivity contribution is -0.146. The molecule has 0 radical (unpaired) electrons. The van der Waals surface area contributed by atoms with Gasteiger partial charge in [-0.15, -0.1) is 0 Å². The monoisotopic (exact) mass is 600 g/mol. The highest BCUT2D eigenvalue weighted by Gasteiger charge is 2.50. The van der Waals surface area contributed by atoms with Gasteiger partial charge in [0.2, 0.25) is 15.9 Å². The number of piperidine rings is 2. The van der Waals surface area contributed by atoms with Gasteiger partial charge >= 0.3 is 0 Å². The standard InChI is InChI=1S/C30H41ClN6O3S/c1-41(39,40)34-24-8-12-36(13-9-24)29(38)23-18-30(19-23)10-14-35(15-11-30)28-17-27(21-4-2-3-5-21)37(33-28)25-7-6-22(20-32)26(31)16-25/h6-7,16,21,23-24,27,34H,2-5,8-15,17-19H2,1H3. The highest BCUT2D eigenvalue weighted by Crippen LogP contribution is 2.53. The molecule has 2 saturated heterocycles. The first kappa shape index (κ1) is 28.8. The molecule has 2 saturated carbocycles. The van der Waals surface area contributed by atoms with Crippen LogP contribution in [0.3, 0.4) is 0 Å². The van der Waals surface area contributed by atoms with Crippen molar-refractivity contribution in [2.45, 2.75) is 82.7 Å². The van der Waals surface area contributed by atoms with Crippen molar-refractivity contribution in [1.29, 1.82) is 5.26 Å². The summed E-state index contributed by atoms with van der Waals surface area (Å²) in [5, 5.41) is 17.1. The molecule has 222 valence electrons. The average Bonchev–Trinajstić information content (AvgIpc) is 3.61. The molecule has 1 aromatic carbocycles. The van der Waals surface area contributed by atoms with E-state index in [1.165, 1.54) is 31.9 Å². The van der Waals surface area contributed by atoms with E-state index >= 15 is 0 Å². The van der Waals surface area contributed by atoms with Crippen molar-refractivity contribution in [3.05, 3.63) is 28.8 Å². The van der Waals surface area contributed by atoms with Crippen molar-refractivity contribution in [3.8, 4) is 6.07 Å². The molecule has 0 bridgehead atoms. The van der Waals surface area contributed by atoms with Gasteiger partial charge in [-0.1, -0.05) is 24.4 Å². The highest BCUT2D eigenvalue weighted by molar-refractivity contribution is 7.88. The summed E-state index contributed by atoms with van der Waals surface area (Å²) in [6.45, 7) is 3.21. The predicted octanol–water partition coefficient (Wildman–Crippen LogP) is 4.33. The van der Waals surface area contributed by atoms with E-state index < -0.39 is 10.0 Å². The van der Waals surface area contributed by atoms with E-state index in [-0.39, 0.29) is 23.3 Å². The summed E-state index contributed by atoms with van der Waals surface area (Å²) >= 11 is 6.41. The van der Waals surface area contributed by atoms with Crippen molar-refractivity contribution >= 4 is 39.1 Å². The van der Waals surface area contributed by atoms with Crippen LogP contribution < -0.4 is 9.73 Å². The first-order valence-electron chi connectivity index (χ1n) is 15.2. The minimum Gasteiger partial charge on any atom is -0.359 e. The highest BCUT2D eigenvalue weighted by atomic mass is 35.5. The minimum absolute atomic E-state index is 0.0669. The molecule has 1 aromatic rings. The smallest absolute Gasteiger partial charge is 0.225 e. The normalized spacial score (nSPS) is 25.8. The van der Waals surface area contributed by atoms with Gasteiger partial charge in [0.15, 0.2) is 0 Å². The number of benzene rings is 1. The van der Waals surface area contributed by atoms with Crippen molar-refractivity contribution in [1.82, 2.24) is 14.5 Å². The Morgan fingerprint density at radius 3 is 2.39 bits per heavy atom. The quantitative estimate of drug-likeness (QED) is 0.539. The molecule has 1 amide bonds. The number of nitrogens with one attached hydrogen (secondary N) is 1. The molecule has 3 heterocycles. The van der Waals surface area contributed by atoms with Gasteiger partial charge in [-0.05, 0) is 80.9 Å². The van der Waals surface area contributed by atoms with E-state index in [1.807, 2.05) is 17.0 Å². The number of amides is 1. The van der Waals surface area contributed by atoms with Crippen LogP contribution in [0.15, 0.2) is 23.3 Å². The van der Waals surface area contributed by atoms with Crippen molar-refractivity contribution < 1.29 is 13.2 Å². The van der Waals surface area contributed by atoms with Crippen LogP contribution in [0.25, 0.3) is 0 Å². The summed E-state index contributed by atoms with van der Waals surface area (Å²) in [5.74, 6) is 2.14. The number of hydrogen-bond donors (Lipinski definition) is 1. The average molecular weight is 601 g/mol. The molecule has 1 atom stereocenters. The molecule has 5 aliphatic rings. The number of amidine groups is 1. The number of hydrogen-bond acceptors (Lipinski definition) is 7. The van der Waals surface area contributed by atoms with Gasteiger partial charge in [0, 0.05) is 44.6 Å². The number of carbonyl (C=O) groups excluding carboxylic acids is 1. The van der Waals surface area contributed by atoms with Crippen LogP contribution in [-0.2, 0) is 14.8 Å². The molecule has 3 aliphatic heterocycles. The molecule has 6 rings (SSSR count). The maximum Gasteiger partial charge on any atom is 0.225 e. The van der Waals surface area contributed by atoms with E-state index in [9.17, 15) is 18.5 Å². The van der Waals surface area contributed by atoms with E-state index in [1.54, 1.807) is 6.07 Å². The fourth-order valence-corrected chi connectivity index (χ4v) is 9.04. The van der Waals surface area contributed by atoms with Crippen LogP contribution in [-0.4, -0.2) is 74.5 Å². The zero-order chi connectivity index (χ0) is 28.8. The molecular weight excluding hydrogens is 560 g/mol. The van der Waals surface area contributed by atoms with Crippen LogP contribution in [0.4, 0.5) is 5.69 Å². The third-order valence-corrected chi connectivity index (χ3v) is 11.4. The van der Waals surface area contributed by atoms with Crippen molar-refractivity contribution in [2.24, 2.45) is 22.4 Å². The second-order valence-electron chi connectivity index (χ2n) is 13.0. The lowest BCUT2D eigenvalue weighted by atomic mass is 9.57. The Balaban J connectivity index is 1.04. The summed E-state index contributed by atoms with van der Waals surface area (Å²) in [5.41, 5.74) is 1.71. The van der Waals surface area contributed by atoms with Crippen molar-refractivity contribution in [2.75, 3.05) is 37.4 Å². The Bertz CT molecular complexity index is 1330. The second kappa shape index (κ2) is 11.4. The first-order chi connectivity index (χ1) is 19.6. The van der Waals surface area contributed by atoms with E-state index in [0.29, 0.717) is 48.5 Å². The number of hydrazone groups is 1. The van der Waals surface area contributed by atoms with E-state index in [2.05, 4.69) is 20.7 Å². The second-order valence-corrected chi connectivity index (χ2v) is 15.2. The lowest BCUT2D eigenvalue weighted by Gasteiger charge is -2.53. The molecule has 1 spiro atoms. The molecule has 9 nitrogen and oxygen atoms in total. The molecule has 11 heteroatoms. The maximum absolute atomic E-state index is 13.2. The third kappa shape index (κ3) is 6.09. The summed E-state index contributed by atoms with van der Waals surface area (Å²) in [6, 6.07) is 8.07. The molecule has 4 fully saturated rings. The van der Waals surface area contributed by atoms with E-state index in [0.717, 1.165) is 56.7 Å². The Labute approximate surface area is 248 Å². The van der Waals surface area contributed by atoms with Gasteiger partial charge in [-0.2, -0.15) is 10.4 Å². The van der Waals surface area contributed by atoms with Gasteiger partial charge in [0.05, 0.1) is 28.6 Å². The van der Waals surface area contributed by atoms with Crippen LogP contribution in [0.2, 0.25) is 5.02 Å². The van der Waals surface area contributed by atoms with Gasteiger partial charge in [0.1, 0.15) is 11.9 Å². The molecule has 0 aromatic heterocycles. The Morgan fingerprint density at radius 1 is 1.10 bits per heavy atom. The van der Waals surface area contributed by atoms with Crippen molar-refractivity contribution in [3.63, 3.8) is 0 Å². The van der Waals surface area contributed by atoms with Crippen LogP contribution in [0.5, 0.6) is 0 Å². The zero-order valence-electron chi connectivity index (χ0n) is 23.9. The predicted molar refractivity (Wildman–Crippen MR) is 160 cm³/mol. The summed E-state index contributed by atoms with van der Waals surface area (Å²) < 4.78 is 25.7. The zero-order valence-corrected chi connectivity index (χ0v) is 25.5. The third-order valence-electron chi connectivity index (χ3n) is 10.3. The van der Waals surface area contributed by atoms with Crippen LogP contribution in [0.1, 0.15) is 76.2 Å². The van der Waals surface area contributed by atoms with Gasteiger partial charge in [0.25, 0.3) is 0 Å². The molecule has 2 aliphatic carbocycles. The number of nitriles is 1. The van der Waals surface area contributed by atoms with Gasteiger partial charge in [-0.3, -0.25) is 9.80 Å². The lowest BCUT2D eigenvalue weighted by Crippen LogP contribution is -2.54. The number of nitrogens with zero attached hydrogens (tertiary/aromatic N) is 5. The summed E-state index contributed by atoms with van der Waals surface area (Å²) in [6.07, 6.45) is 12.6. The van der Waals surface area contributed by atoms with E-state index in [4.69, 9.17) is 16.7 Å². The van der Waals surface area contributed by atoms with Gasteiger partial charge < -0.3 is 9.80 Å². The largest absolute Gasteiger partial charge is 0.359 e. The Morgan fingerprint density at radius 2 is 1.78 bits per heavy atom. The topological polar surface area (TPSA) is 109 Å². The number of sulfonamides is 1. The fraction of sp³-hybridized carbons (Fsp3) is 0.700. The number of likely N-dealkylation sites (tertiary alicyclic amines) is 2. The Hall–Kier alpha value is -2.35. The molecule has 1 unspecified atom stereocenters. The van der Waals surface area contributed by atoms with Gasteiger partial charge in [-0.25, -0.2) is 13.1 Å². The number of halogens is 1. The number of anilines is 1. The molecular formula is C30H41ClN6O3S. The summed E-state index contributed by atoms with van der Waals surface area (Å²) in [7, 11) is -3.21. The minimum atomic E-state index is -3.21. The number of rotatable bonds is 5. The molecule has 1 N–H and O–H groups in total. The number of carbonyl (C=O) groups is 1. The van der Waals surface area contributed by atoms with Crippen LogP contribution in [0, 0.1) is 28.6 Å². The first-order valence-corrected chi connectivity index (χ1v) is 17.5. The van der Waals surface area contributed by atoms with Crippen LogP contribution >= 0.6 is 11.6 Å². The SMILES string of the molecule is CS(=O)(=O)NC1CCN(C(=O)C2CC3(CCN(C4=NN(c5ccc(C#N)c(Cl)c5)C(C5CCCC5)C4)CC3)C2)CC1.